The molecule has 0 aliphatic carbocycles. The number of nitrogens with two attached hydrogens (primary N) is 2. The summed E-state index contributed by atoms with van der Waals surface area (Å²) >= 11 is 0. The highest BCUT2D eigenvalue weighted by Gasteiger charge is 2.15. The second kappa shape index (κ2) is 25.0. The molecule has 0 amide bonds. The van der Waals surface area contributed by atoms with Crippen LogP contribution in [0.25, 0.3) is 0 Å². The van der Waals surface area contributed by atoms with Crippen molar-refractivity contribution in [1.82, 2.24) is 5.32 Å². The Labute approximate surface area is 218 Å². The fourth-order valence-electron chi connectivity index (χ4n) is 2.46. The molecule has 0 bridgehead atoms. The van der Waals surface area contributed by atoms with Crippen molar-refractivity contribution in [3.63, 3.8) is 0 Å². The van der Waals surface area contributed by atoms with Crippen LogP contribution in [0.3, 0.4) is 0 Å². The summed E-state index contributed by atoms with van der Waals surface area (Å²) in [6.07, 6.45) is -0.544. The Bertz CT molecular complexity index is 772. The normalized spacial score (nSPS) is 12.4. The highest BCUT2D eigenvalue weighted by Crippen LogP contribution is 2.12. The Kier molecular flexibility index (Phi) is 24.4. The third kappa shape index (κ3) is 17.4. The fourth-order valence-corrected chi connectivity index (χ4v) is 2.46. The summed E-state index contributed by atoms with van der Waals surface area (Å²) in [6, 6.07) is 19.0. The molecule has 8 heteroatoms. The maximum atomic E-state index is 11.2. The third-order valence-electron chi connectivity index (χ3n) is 3.98. The minimum absolute atomic E-state index is 0.0138. The van der Waals surface area contributed by atoms with Gasteiger partial charge in [-0.05, 0) is 45.0 Å². The van der Waals surface area contributed by atoms with E-state index in [0.717, 1.165) is 24.7 Å². The number of carbonyl (C=O) groups excluding carboxylic acids is 1. The van der Waals surface area contributed by atoms with Crippen LogP contribution in [0.5, 0.6) is 11.5 Å². The van der Waals surface area contributed by atoms with E-state index >= 15 is 0 Å². The van der Waals surface area contributed by atoms with Crippen LogP contribution in [0.1, 0.15) is 48.5 Å². The summed E-state index contributed by atoms with van der Waals surface area (Å²) in [5.74, 6) is 2.18. The number of para-hydroxylation sites is 2. The van der Waals surface area contributed by atoms with Gasteiger partial charge < -0.3 is 31.0 Å². The van der Waals surface area contributed by atoms with Crippen molar-refractivity contribution in [3.8, 4) is 11.5 Å². The first-order valence-electron chi connectivity index (χ1n) is 12.8. The summed E-state index contributed by atoms with van der Waals surface area (Å²) in [5.41, 5.74) is 9.81. The lowest BCUT2D eigenvalue weighted by Gasteiger charge is -2.14. The van der Waals surface area contributed by atoms with Gasteiger partial charge in [0.25, 0.3) is 0 Å². The SMILES string of the molecule is CC.CC.CC(Oc1ccccc1)C1=NCCN1.CCOC(=O)C(C)Oc1ccccc1.NCCN. The van der Waals surface area contributed by atoms with Crippen molar-refractivity contribution in [2.24, 2.45) is 16.5 Å². The van der Waals surface area contributed by atoms with Crippen LogP contribution in [0.15, 0.2) is 65.7 Å². The van der Waals surface area contributed by atoms with E-state index in [0.29, 0.717) is 25.4 Å². The predicted octanol–water partition coefficient (Wildman–Crippen LogP) is 4.43. The molecule has 8 nitrogen and oxygen atoms in total. The van der Waals surface area contributed by atoms with Crippen LogP contribution < -0.4 is 26.3 Å². The van der Waals surface area contributed by atoms with Gasteiger partial charge in [-0.25, -0.2) is 4.79 Å². The van der Waals surface area contributed by atoms with Gasteiger partial charge in [-0.1, -0.05) is 64.1 Å². The predicted molar refractivity (Wildman–Crippen MR) is 151 cm³/mol. The Morgan fingerprint density at radius 1 is 0.889 bits per heavy atom. The average Bonchev–Trinajstić information content (AvgIpc) is 3.48. The van der Waals surface area contributed by atoms with Crippen molar-refractivity contribution in [2.75, 3.05) is 32.8 Å². The van der Waals surface area contributed by atoms with Crippen molar-refractivity contribution < 1.29 is 19.0 Å². The number of benzene rings is 2. The zero-order valence-electron chi connectivity index (χ0n) is 23.2. The van der Waals surface area contributed by atoms with E-state index in [1.54, 1.807) is 26.0 Å². The smallest absolute Gasteiger partial charge is 0.347 e. The van der Waals surface area contributed by atoms with Crippen LogP contribution >= 0.6 is 0 Å². The van der Waals surface area contributed by atoms with Crippen LogP contribution in [-0.4, -0.2) is 56.8 Å². The number of aliphatic imine (C=N–C) groups is 1. The molecule has 5 N–H and O–H groups in total. The first-order chi connectivity index (χ1) is 17.5. The molecule has 0 saturated carbocycles. The van der Waals surface area contributed by atoms with Crippen molar-refractivity contribution in [2.45, 2.75) is 60.7 Å². The molecular weight excluding hydrogens is 456 g/mol. The molecular formula is C28H48N4O4. The van der Waals surface area contributed by atoms with Crippen molar-refractivity contribution in [3.05, 3.63) is 60.7 Å². The van der Waals surface area contributed by atoms with E-state index in [1.807, 2.05) is 83.1 Å². The molecule has 3 rings (SSSR count). The average molecular weight is 505 g/mol. The molecule has 36 heavy (non-hydrogen) atoms. The number of nitrogens with zero attached hydrogens (tertiary/aromatic N) is 1. The van der Waals surface area contributed by atoms with Gasteiger partial charge in [-0.2, -0.15) is 0 Å². The van der Waals surface area contributed by atoms with E-state index in [-0.39, 0.29) is 12.1 Å². The molecule has 2 aromatic rings. The molecule has 2 unspecified atom stereocenters. The minimum Gasteiger partial charge on any atom is -0.483 e. The van der Waals surface area contributed by atoms with Gasteiger partial charge in [0.05, 0.1) is 13.2 Å². The molecule has 1 aliphatic rings. The van der Waals surface area contributed by atoms with Gasteiger partial charge in [0.15, 0.2) is 12.2 Å². The Balaban J connectivity index is 0. The van der Waals surface area contributed by atoms with Gasteiger partial charge >= 0.3 is 5.97 Å². The molecule has 204 valence electrons. The van der Waals surface area contributed by atoms with E-state index in [9.17, 15) is 4.79 Å². The quantitative estimate of drug-likeness (QED) is 0.455. The van der Waals surface area contributed by atoms with Gasteiger partial charge in [0.1, 0.15) is 17.3 Å². The maximum absolute atomic E-state index is 11.2. The lowest BCUT2D eigenvalue weighted by atomic mass is 10.3. The van der Waals surface area contributed by atoms with Crippen LogP contribution in [-0.2, 0) is 9.53 Å². The standard InChI is InChI=1S/C11H14N2O.C11H14O3.C2H8N2.2C2H6/c1-9(11-12-7-8-13-11)14-10-5-3-2-4-6-10;1-3-13-11(12)9(2)14-10-7-5-4-6-8-10;3-1-2-4;2*1-2/h2-6,9H,7-8H2,1H3,(H,12,13);4-9H,3H2,1-2H3;1-4H2;2*1-2H3. The number of esters is 1. The monoisotopic (exact) mass is 504 g/mol. The highest BCUT2D eigenvalue weighted by molar-refractivity contribution is 5.87. The molecule has 2 atom stereocenters. The van der Waals surface area contributed by atoms with E-state index < -0.39 is 6.10 Å². The van der Waals surface area contributed by atoms with Crippen molar-refractivity contribution in [1.29, 1.82) is 0 Å². The summed E-state index contributed by atoms with van der Waals surface area (Å²) in [6.45, 7) is 16.8. The lowest BCUT2D eigenvalue weighted by Crippen LogP contribution is -2.33. The molecule has 2 aromatic carbocycles. The highest BCUT2D eigenvalue weighted by atomic mass is 16.6. The van der Waals surface area contributed by atoms with Crippen LogP contribution in [0.2, 0.25) is 0 Å². The van der Waals surface area contributed by atoms with E-state index in [1.165, 1.54) is 0 Å². The van der Waals surface area contributed by atoms with Crippen molar-refractivity contribution >= 4 is 11.8 Å². The van der Waals surface area contributed by atoms with Gasteiger partial charge in [0.2, 0.25) is 0 Å². The Morgan fingerprint density at radius 3 is 1.75 bits per heavy atom. The number of amidine groups is 1. The zero-order chi connectivity index (χ0) is 27.6. The Morgan fingerprint density at radius 2 is 1.36 bits per heavy atom. The number of carbonyl (C=O) groups is 1. The summed E-state index contributed by atoms with van der Waals surface area (Å²) in [7, 11) is 0. The number of hydrogen-bond acceptors (Lipinski definition) is 8. The van der Waals surface area contributed by atoms with E-state index in [2.05, 4.69) is 10.3 Å². The maximum Gasteiger partial charge on any atom is 0.347 e. The summed E-state index contributed by atoms with van der Waals surface area (Å²) in [5, 5.41) is 3.20. The van der Waals surface area contributed by atoms with E-state index in [4.69, 9.17) is 25.7 Å². The zero-order valence-corrected chi connectivity index (χ0v) is 23.2. The second-order valence-corrected chi connectivity index (χ2v) is 6.67. The molecule has 0 spiro atoms. The molecule has 0 aromatic heterocycles. The molecule has 0 radical (unpaired) electrons. The first-order valence-corrected chi connectivity index (χ1v) is 12.8. The third-order valence-corrected chi connectivity index (χ3v) is 3.98. The molecule has 0 fully saturated rings. The van der Waals surface area contributed by atoms with Gasteiger partial charge in [-0.15, -0.1) is 0 Å². The molecule has 1 aliphatic heterocycles. The fraction of sp³-hybridized carbons (Fsp3) is 0.500. The number of ether oxygens (including phenoxy) is 3. The summed E-state index contributed by atoms with van der Waals surface area (Å²) in [4.78, 5) is 15.5. The molecule has 1 heterocycles. The number of nitrogens with one attached hydrogen (secondary N) is 1. The van der Waals surface area contributed by atoms with Crippen LogP contribution in [0.4, 0.5) is 0 Å². The number of rotatable bonds is 8. The minimum atomic E-state index is -0.558. The number of hydrogen-bond donors (Lipinski definition) is 3. The second-order valence-electron chi connectivity index (χ2n) is 6.67. The topological polar surface area (TPSA) is 121 Å². The van der Waals surface area contributed by atoms with Gasteiger partial charge in [0, 0.05) is 19.6 Å². The lowest BCUT2D eigenvalue weighted by molar-refractivity contribution is -0.150. The summed E-state index contributed by atoms with van der Waals surface area (Å²) < 4.78 is 15.9. The largest absolute Gasteiger partial charge is 0.483 e. The van der Waals surface area contributed by atoms with Gasteiger partial charge in [-0.3, -0.25) is 4.99 Å². The molecule has 0 saturated heterocycles. The first kappa shape index (κ1) is 35.1. The Hall–Kier alpha value is -3.10. The van der Waals surface area contributed by atoms with Crippen LogP contribution in [0, 0.1) is 0 Å².